The van der Waals surface area contributed by atoms with Gasteiger partial charge in [-0.1, -0.05) is 6.92 Å². The van der Waals surface area contributed by atoms with E-state index in [9.17, 15) is 14.4 Å². The Hall–Kier alpha value is -2.64. The minimum absolute atomic E-state index is 0.0159. The van der Waals surface area contributed by atoms with Crippen molar-refractivity contribution in [2.45, 2.75) is 52.5 Å². The molecule has 0 aromatic carbocycles. The molecule has 29 heavy (non-hydrogen) atoms. The predicted octanol–water partition coefficient (Wildman–Crippen LogP) is 1.80. The first kappa shape index (κ1) is 21.1. The molecular weight excluding hydrogens is 370 g/mol. The molecule has 0 bridgehead atoms. The number of nitrogens with one attached hydrogen (secondary N) is 1. The lowest BCUT2D eigenvalue weighted by atomic mass is 9.82. The van der Waals surface area contributed by atoms with Crippen LogP contribution < -0.4 is 11.1 Å². The average molecular weight is 402 g/mol. The van der Waals surface area contributed by atoms with E-state index in [0.29, 0.717) is 30.5 Å². The topological polar surface area (TPSA) is 109 Å². The highest BCUT2D eigenvalue weighted by Crippen LogP contribution is 2.32. The molecule has 0 saturated carbocycles. The quantitative estimate of drug-likeness (QED) is 0.735. The van der Waals surface area contributed by atoms with Crippen molar-refractivity contribution in [1.82, 2.24) is 14.8 Å². The lowest BCUT2D eigenvalue weighted by Gasteiger charge is -2.45. The van der Waals surface area contributed by atoms with E-state index < -0.39 is 11.8 Å². The smallest absolute Gasteiger partial charge is 0.313 e. The second kappa shape index (κ2) is 8.80. The van der Waals surface area contributed by atoms with Gasteiger partial charge in [0.1, 0.15) is 5.82 Å². The maximum atomic E-state index is 13.1. The van der Waals surface area contributed by atoms with Gasteiger partial charge in [-0.3, -0.25) is 14.4 Å². The molecule has 0 aliphatic carbocycles. The summed E-state index contributed by atoms with van der Waals surface area (Å²) in [7, 11) is 0. The summed E-state index contributed by atoms with van der Waals surface area (Å²) in [5.41, 5.74) is 6.92. The average Bonchev–Trinajstić information content (AvgIpc) is 2.70. The van der Waals surface area contributed by atoms with E-state index in [0.717, 1.165) is 37.8 Å². The number of hydrogen-bond acceptors (Lipinski definition) is 5. The number of likely N-dealkylation sites (tertiary alicyclic amines) is 2. The Bertz CT molecular complexity index is 797. The number of anilines is 2. The van der Waals surface area contributed by atoms with E-state index in [-0.39, 0.29) is 17.9 Å². The first-order valence-electron chi connectivity index (χ1n) is 10.4. The van der Waals surface area contributed by atoms with E-state index in [1.807, 2.05) is 4.90 Å². The number of carbonyl (C=O) groups is 3. The van der Waals surface area contributed by atoms with Crippen LogP contribution in [0.4, 0.5) is 11.5 Å². The van der Waals surface area contributed by atoms with Gasteiger partial charge in [-0.15, -0.1) is 0 Å². The van der Waals surface area contributed by atoms with Gasteiger partial charge in [-0.05, 0) is 56.1 Å². The molecule has 1 unspecified atom stereocenters. The zero-order chi connectivity index (χ0) is 21.1. The third kappa shape index (κ3) is 4.86. The van der Waals surface area contributed by atoms with Crippen LogP contribution in [-0.2, 0) is 14.4 Å². The van der Waals surface area contributed by atoms with E-state index in [1.54, 1.807) is 24.8 Å². The molecule has 3 N–H and O–H groups in total. The summed E-state index contributed by atoms with van der Waals surface area (Å²) in [6, 6.07) is 1.69. The molecule has 2 aliphatic heterocycles. The van der Waals surface area contributed by atoms with E-state index >= 15 is 0 Å². The fraction of sp³-hybridized carbons (Fsp3) is 0.619. The Kier molecular flexibility index (Phi) is 6.39. The molecule has 3 atom stereocenters. The number of nitrogen functional groups attached to an aromatic ring is 1. The molecule has 0 radical (unpaired) electrons. The molecule has 3 amide bonds. The van der Waals surface area contributed by atoms with Crippen LogP contribution >= 0.6 is 0 Å². The third-order valence-corrected chi connectivity index (χ3v) is 6.14. The van der Waals surface area contributed by atoms with Crippen LogP contribution in [0.3, 0.4) is 0 Å². The van der Waals surface area contributed by atoms with E-state index in [2.05, 4.69) is 17.2 Å². The van der Waals surface area contributed by atoms with Gasteiger partial charge in [0.2, 0.25) is 5.91 Å². The Balaban J connectivity index is 1.73. The second-order valence-electron chi connectivity index (χ2n) is 8.45. The number of rotatable bonds is 2. The third-order valence-electron chi connectivity index (χ3n) is 6.14. The van der Waals surface area contributed by atoms with Crippen molar-refractivity contribution < 1.29 is 14.4 Å². The number of aryl methyl sites for hydroxylation is 1. The van der Waals surface area contributed by atoms with Crippen molar-refractivity contribution in [2.24, 2.45) is 11.8 Å². The van der Waals surface area contributed by atoms with Crippen molar-refractivity contribution in [1.29, 1.82) is 0 Å². The van der Waals surface area contributed by atoms with Crippen LogP contribution in [0.1, 0.15) is 45.1 Å². The molecule has 2 fully saturated rings. The lowest BCUT2D eigenvalue weighted by molar-refractivity contribution is -0.148. The summed E-state index contributed by atoms with van der Waals surface area (Å²) in [5, 5.41) is 2.66. The highest BCUT2D eigenvalue weighted by atomic mass is 16.2. The molecular formula is C21H31N5O3. The van der Waals surface area contributed by atoms with Gasteiger partial charge in [-0.25, -0.2) is 4.98 Å². The minimum Gasteiger partial charge on any atom is -0.383 e. The first-order chi connectivity index (χ1) is 13.8. The fourth-order valence-electron chi connectivity index (χ4n) is 4.48. The number of hydrogen-bond donors (Lipinski definition) is 2. The highest BCUT2D eigenvalue weighted by molar-refractivity contribution is 6.39. The molecule has 2 saturated heterocycles. The number of carbonyl (C=O) groups excluding carboxylic acids is 3. The zero-order valence-corrected chi connectivity index (χ0v) is 17.5. The highest BCUT2D eigenvalue weighted by Gasteiger charge is 2.39. The van der Waals surface area contributed by atoms with Crippen LogP contribution in [0.5, 0.6) is 0 Å². The van der Waals surface area contributed by atoms with Crippen LogP contribution in [0.25, 0.3) is 0 Å². The molecule has 158 valence electrons. The summed E-state index contributed by atoms with van der Waals surface area (Å²) in [4.78, 5) is 45.2. The molecule has 8 heteroatoms. The summed E-state index contributed by atoms with van der Waals surface area (Å²) < 4.78 is 0. The summed E-state index contributed by atoms with van der Waals surface area (Å²) in [5.74, 6) is -0.161. The number of aromatic nitrogens is 1. The molecule has 2 aliphatic rings. The largest absolute Gasteiger partial charge is 0.383 e. The minimum atomic E-state index is -0.658. The number of nitrogens with zero attached hydrogens (tertiary/aromatic N) is 3. The van der Waals surface area contributed by atoms with Crippen LogP contribution in [0.15, 0.2) is 12.3 Å². The van der Waals surface area contributed by atoms with Gasteiger partial charge < -0.3 is 20.9 Å². The Morgan fingerprint density at radius 1 is 1.21 bits per heavy atom. The van der Waals surface area contributed by atoms with Crippen molar-refractivity contribution in [3.05, 3.63) is 17.8 Å². The van der Waals surface area contributed by atoms with Crippen LogP contribution in [0, 0.1) is 18.8 Å². The van der Waals surface area contributed by atoms with Crippen molar-refractivity contribution >= 4 is 29.2 Å². The summed E-state index contributed by atoms with van der Waals surface area (Å²) in [6.07, 6.45) is 5.23. The van der Waals surface area contributed by atoms with E-state index in [4.69, 9.17) is 5.73 Å². The standard InChI is InChI=1S/C21H31N5O3/c1-13-6-7-18(16-5-4-8-25(12-16)15(3)27)26(11-13)21(29)20(28)24-17-9-14(2)19(22)23-10-17/h9-10,13,16,18H,4-8,11-12H2,1-3H3,(H2,22,23)(H,24,28)/t13-,16?,18+/m0/s1. The first-order valence-corrected chi connectivity index (χ1v) is 10.4. The normalized spacial score (nSPS) is 24.9. The molecule has 8 nitrogen and oxygen atoms in total. The fourth-order valence-corrected chi connectivity index (χ4v) is 4.48. The molecule has 3 rings (SSSR count). The van der Waals surface area contributed by atoms with Gasteiger partial charge in [0.25, 0.3) is 0 Å². The van der Waals surface area contributed by atoms with Gasteiger partial charge in [0.15, 0.2) is 0 Å². The Morgan fingerprint density at radius 3 is 2.66 bits per heavy atom. The number of pyridine rings is 1. The zero-order valence-electron chi connectivity index (χ0n) is 17.5. The van der Waals surface area contributed by atoms with Gasteiger partial charge in [0, 0.05) is 32.6 Å². The molecule has 1 aromatic heterocycles. The molecule has 1 aromatic rings. The lowest BCUT2D eigenvalue weighted by Crippen LogP contribution is -2.56. The predicted molar refractivity (Wildman–Crippen MR) is 111 cm³/mol. The van der Waals surface area contributed by atoms with Gasteiger partial charge in [-0.2, -0.15) is 0 Å². The van der Waals surface area contributed by atoms with Crippen molar-refractivity contribution in [3.63, 3.8) is 0 Å². The number of nitrogens with two attached hydrogens (primary N) is 1. The summed E-state index contributed by atoms with van der Waals surface area (Å²) in [6.45, 7) is 7.47. The maximum Gasteiger partial charge on any atom is 0.313 e. The second-order valence-corrected chi connectivity index (χ2v) is 8.45. The van der Waals surface area contributed by atoms with Gasteiger partial charge in [0.05, 0.1) is 11.9 Å². The maximum absolute atomic E-state index is 13.1. The Labute approximate surface area is 171 Å². The number of amides is 3. The molecule has 0 spiro atoms. The Morgan fingerprint density at radius 2 is 1.97 bits per heavy atom. The van der Waals surface area contributed by atoms with Crippen molar-refractivity contribution in [2.75, 3.05) is 30.7 Å². The van der Waals surface area contributed by atoms with E-state index in [1.165, 1.54) is 6.20 Å². The van der Waals surface area contributed by atoms with Crippen LogP contribution in [0.2, 0.25) is 0 Å². The van der Waals surface area contributed by atoms with Crippen molar-refractivity contribution in [3.8, 4) is 0 Å². The monoisotopic (exact) mass is 401 g/mol. The SMILES string of the molecule is CC(=O)N1CCCC([C@H]2CC[C@H](C)CN2C(=O)C(=O)Nc2cnc(N)c(C)c2)C1. The summed E-state index contributed by atoms with van der Waals surface area (Å²) >= 11 is 0. The van der Waals surface area contributed by atoms with Crippen LogP contribution in [-0.4, -0.2) is 58.2 Å². The number of piperidine rings is 2. The van der Waals surface area contributed by atoms with Gasteiger partial charge >= 0.3 is 11.8 Å². The molecule has 3 heterocycles.